The number of carbonyl (C=O) groups excluding carboxylic acids is 1. The van der Waals surface area contributed by atoms with Gasteiger partial charge in [-0.3, -0.25) is 9.78 Å². The van der Waals surface area contributed by atoms with Crippen molar-refractivity contribution in [1.82, 2.24) is 20.5 Å². The maximum Gasteiger partial charge on any atom is 0.217 e. The van der Waals surface area contributed by atoms with Crippen LogP contribution in [0.4, 0.5) is 0 Å². The fourth-order valence-corrected chi connectivity index (χ4v) is 3.52. The van der Waals surface area contributed by atoms with Crippen molar-refractivity contribution >= 4 is 17.2 Å². The van der Waals surface area contributed by atoms with Gasteiger partial charge in [-0.2, -0.15) is 0 Å². The molecule has 2 heterocycles. The molecule has 1 aromatic carbocycles. The van der Waals surface area contributed by atoms with Crippen molar-refractivity contribution < 1.29 is 4.79 Å². The van der Waals surface area contributed by atoms with E-state index in [-0.39, 0.29) is 11.9 Å². The molecule has 1 unspecified atom stereocenters. The van der Waals surface area contributed by atoms with Gasteiger partial charge in [0.1, 0.15) is 10.0 Å². The van der Waals surface area contributed by atoms with Gasteiger partial charge >= 0.3 is 0 Å². The SMILES string of the molecule is CCc1cccc(CC(NC(C)=O)c2nnc(-c3cccnc3)s2)c1. The first-order valence-electron chi connectivity index (χ1n) is 8.24. The lowest BCUT2D eigenvalue weighted by Crippen LogP contribution is -2.27. The Morgan fingerprint density at radius 2 is 2.04 bits per heavy atom. The van der Waals surface area contributed by atoms with E-state index < -0.39 is 0 Å². The van der Waals surface area contributed by atoms with Crippen molar-refractivity contribution in [1.29, 1.82) is 0 Å². The van der Waals surface area contributed by atoms with E-state index in [1.807, 2.05) is 12.1 Å². The molecule has 0 aliphatic rings. The van der Waals surface area contributed by atoms with E-state index in [0.29, 0.717) is 6.42 Å². The van der Waals surface area contributed by atoms with Crippen LogP contribution in [0, 0.1) is 0 Å². The van der Waals surface area contributed by atoms with Gasteiger partial charge in [0.2, 0.25) is 5.91 Å². The highest BCUT2D eigenvalue weighted by molar-refractivity contribution is 7.14. The summed E-state index contributed by atoms with van der Waals surface area (Å²) in [5.41, 5.74) is 3.39. The zero-order valence-electron chi connectivity index (χ0n) is 14.3. The third-order valence-corrected chi connectivity index (χ3v) is 4.95. The van der Waals surface area contributed by atoms with Crippen molar-refractivity contribution in [3.63, 3.8) is 0 Å². The first kappa shape index (κ1) is 17.2. The van der Waals surface area contributed by atoms with Crippen molar-refractivity contribution in [3.8, 4) is 10.6 Å². The predicted molar refractivity (Wildman–Crippen MR) is 99.2 cm³/mol. The second-order valence-electron chi connectivity index (χ2n) is 5.82. The van der Waals surface area contributed by atoms with Crippen LogP contribution < -0.4 is 5.32 Å². The monoisotopic (exact) mass is 352 g/mol. The minimum absolute atomic E-state index is 0.0743. The van der Waals surface area contributed by atoms with Crippen LogP contribution in [0.2, 0.25) is 0 Å². The number of benzene rings is 1. The van der Waals surface area contributed by atoms with E-state index in [0.717, 1.165) is 22.0 Å². The van der Waals surface area contributed by atoms with Gasteiger partial charge in [0, 0.05) is 24.9 Å². The highest BCUT2D eigenvalue weighted by atomic mass is 32.1. The first-order valence-corrected chi connectivity index (χ1v) is 9.06. The maximum absolute atomic E-state index is 11.7. The van der Waals surface area contributed by atoms with Gasteiger partial charge in [-0.15, -0.1) is 10.2 Å². The lowest BCUT2D eigenvalue weighted by molar-refractivity contribution is -0.119. The van der Waals surface area contributed by atoms with Crippen molar-refractivity contribution in [2.45, 2.75) is 32.7 Å². The van der Waals surface area contributed by atoms with E-state index in [4.69, 9.17) is 0 Å². The highest BCUT2D eigenvalue weighted by Gasteiger charge is 2.19. The molecule has 3 aromatic rings. The summed E-state index contributed by atoms with van der Waals surface area (Å²) in [6.45, 7) is 3.66. The average molecular weight is 352 g/mol. The highest BCUT2D eigenvalue weighted by Crippen LogP contribution is 2.28. The molecule has 5 nitrogen and oxygen atoms in total. The smallest absolute Gasteiger partial charge is 0.217 e. The zero-order chi connectivity index (χ0) is 17.6. The van der Waals surface area contributed by atoms with Crippen LogP contribution in [0.5, 0.6) is 0 Å². The summed E-state index contributed by atoms with van der Waals surface area (Å²) < 4.78 is 0. The number of pyridine rings is 1. The molecule has 128 valence electrons. The molecule has 0 bridgehead atoms. The number of aromatic nitrogens is 3. The maximum atomic E-state index is 11.7. The Balaban J connectivity index is 1.85. The number of carbonyl (C=O) groups is 1. The fraction of sp³-hybridized carbons (Fsp3) is 0.263. The molecule has 0 spiro atoms. The van der Waals surface area contributed by atoms with Crippen LogP contribution in [-0.2, 0) is 17.6 Å². The molecule has 0 aliphatic heterocycles. The second-order valence-corrected chi connectivity index (χ2v) is 6.83. The Hall–Kier alpha value is -2.60. The number of rotatable bonds is 6. The van der Waals surface area contributed by atoms with E-state index >= 15 is 0 Å². The number of nitrogens with zero attached hydrogens (tertiary/aromatic N) is 3. The molecular formula is C19H20N4OS. The molecule has 1 N–H and O–H groups in total. The standard InChI is InChI=1S/C19H20N4OS/c1-3-14-6-4-7-15(10-14)11-17(21-13(2)24)19-23-22-18(25-19)16-8-5-9-20-12-16/h4-10,12,17H,3,11H2,1-2H3,(H,21,24). The topological polar surface area (TPSA) is 67.8 Å². The van der Waals surface area contributed by atoms with Gasteiger partial charge in [0.05, 0.1) is 6.04 Å². The molecule has 0 aliphatic carbocycles. The molecule has 2 aromatic heterocycles. The Bertz CT molecular complexity index is 847. The van der Waals surface area contributed by atoms with E-state index in [2.05, 4.69) is 51.7 Å². The minimum Gasteiger partial charge on any atom is -0.347 e. The average Bonchev–Trinajstić information content (AvgIpc) is 3.12. The van der Waals surface area contributed by atoms with Crippen molar-refractivity contribution in [2.75, 3.05) is 0 Å². The normalized spacial score (nSPS) is 11.9. The van der Waals surface area contributed by atoms with Gasteiger partial charge in [-0.1, -0.05) is 42.5 Å². The fourth-order valence-electron chi connectivity index (χ4n) is 2.64. The zero-order valence-corrected chi connectivity index (χ0v) is 15.1. The van der Waals surface area contributed by atoms with Gasteiger partial charge in [-0.05, 0) is 36.1 Å². The molecule has 0 saturated carbocycles. The van der Waals surface area contributed by atoms with Crippen molar-refractivity contribution in [2.24, 2.45) is 0 Å². The Kier molecular flexibility index (Phi) is 5.50. The third-order valence-electron chi connectivity index (χ3n) is 3.86. The first-order chi connectivity index (χ1) is 12.2. The summed E-state index contributed by atoms with van der Waals surface area (Å²) in [7, 11) is 0. The quantitative estimate of drug-likeness (QED) is 0.736. The largest absolute Gasteiger partial charge is 0.347 e. The molecule has 6 heteroatoms. The summed E-state index contributed by atoms with van der Waals surface area (Å²) >= 11 is 1.49. The van der Waals surface area contributed by atoms with Crippen LogP contribution in [0.3, 0.4) is 0 Å². The van der Waals surface area contributed by atoms with Crippen LogP contribution in [0.15, 0.2) is 48.8 Å². The number of hydrogen-bond acceptors (Lipinski definition) is 5. The van der Waals surface area contributed by atoms with Crippen LogP contribution in [-0.4, -0.2) is 21.1 Å². The molecule has 3 rings (SSSR count). The predicted octanol–water partition coefficient (Wildman–Crippen LogP) is 3.58. The number of aryl methyl sites for hydroxylation is 1. The molecule has 25 heavy (non-hydrogen) atoms. The van der Waals surface area contributed by atoms with Gasteiger partial charge < -0.3 is 5.32 Å². The molecule has 0 fully saturated rings. The lowest BCUT2D eigenvalue weighted by Gasteiger charge is -2.15. The Morgan fingerprint density at radius 3 is 2.76 bits per heavy atom. The van der Waals surface area contributed by atoms with Crippen LogP contribution in [0.25, 0.3) is 10.6 Å². The second kappa shape index (κ2) is 7.98. The molecule has 1 atom stereocenters. The molecule has 0 saturated heterocycles. The lowest BCUT2D eigenvalue weighted by atomic mass is 10.0. The van der Waals surface area contributed by atoms with Gasteiger partial charge in [-0.25, -0.2) is 0 Å². The summed E-state index contributed by atoms with van der Waals surface area (Å²) in [6.07, 6.45) is 5.17. The van der Waals surface area contributed by atoms with E-state index in [1.54, 1.807) is 12.4 Å². The van der Waals surface area contributed by atoms with E-state index in [9.17, 15) is 4.79 Å². The third kappa shape index (κ3) is 4.48. The molecule has 1 amide bonds. The number of hydrogen-bond donors (Lipinski definition) is 1. The minimum atomic E-state index is -0.187. The Morgan fingerprint density at radius 1 is 1.20 bits per heavy atom. The Labute approximate surface area is 151 Å². The van der Waals surface area contributed by atoms with Crippen LogP contribution >= 0.6 is 11.3 Å². The van der Waals surface area contributed by atoms with Crippen LogP contribution in [0.1, 0.15) is 36.0 Å². The summed E-state index contributed by atoms with van der Waals surface area (Å²) in [4.78, 5) is 15.8. The summed E-state index contributed by atoms with van der Waals surface area (Å²) in [6, 6.07) is 12.1. The number of nitrogens with one attached hydrogen (secondary N) is 1. The van der Waals surface area contributed by atoms with Gasteiger partial charge in [0.15, 0.2) is 0 Å². The van der Waals surface area contributed by atoms with Crippen molar-refractivity contribution in [3.05, 3.63) is 64.9 Å². The summed E-state index contributed by atoms with van der Waals surface area (Å²) in [5.74, 6) is -0.0743. The molecular weight excluding hydrogens is 332 g/mol. The van der Waals surface area contributed by atoms with Gasteiger partial charge in [0.25, 0.3) is 0 Å². The molecule has 0 radical (unpaired) electrons. The summed E-state index contributed by atoms with van der Waals surface area (Å²) in [5, 5.41) is 13.2. The number of amides is 1. The van der Waals surface area contributed by atoms with E-state index in [1.165, 1.54) is 29.4 Å².